The summed E-state index contributed by atoms with van der Waals surface area (Å²) in [6.07, 6.45) is 20.7. The van der Waals surface area contributed by atoms with E-state index in [9.17, 15) is 0 Å². The first kappa shape index (κ1) is 12.3. The fraction of sp³-hybridized carbons (Fsp3) is 0.812. The van der Waals surface area contributed by atoms with Crippen LogP contribution in [0.2, 0.25) is 0 Å². The zero-order chi connectivity index (χ0) is 12.2. The highest BCUT2D eigenvalue weighted by Gasteiger charge is 2.32. The van der Waals surface area contributed by atoms with Crippen LogP contribution in [0.15, 0.2) is 18.7 Å². The summed E-state index contributed by atoms with van der Waals surface area (Å²) in [6.45, 7) is 0. The highest BCUT2D eigenvalue weighted by atomic mass is 15.1. The van der Waals surface area contributed by atoms with Crippen molar-refractivity contribution >= 4 is 0 Å². The standard InChI is InChI=1S/C16H26N2/c1-3-7-14(8-4-1)16(18-12-11-17-13-18)15-9-5-2-6-10-15/h11-16H,1-10H2. The predicted octanol–water partition coefficient (Wildman–Crippen LogP) is 4.58. The minimum absolute atomic E-state index is 0.744. The van der Waals surface area contributed by atoms with Crippen LogP contribution in [0.1, 0.15) is 70.3 Å². The molecule has 3 rings (SSSR count). The molecule has 0 bridgehead atoms. The molecule has 2 heteroatoms. The molecule has 2 saturated carbocycles. The molecule has 0 saturated heterocycles. The molecular weight excluding hydrogens is 220 g/mol. The van der Waals surface area contributed by atoms with E-state index >= 15 is 0 Å². The van der Waals surface area contributed by atoms with Crippen molar-refractivity contribution in [3.63, 3.8) is 0 Å². The summed E-state index contributed by atoms with van der Waals surface area (Å²) in [5.74, 6) is 1.83. The van der Waals surface area contributed by atoms with E-state index in [0.717, 1.165) is 17.9 Å². The van der Waals surface area contributed by atoms with Gasteiger partial charge in [0.25, 0.3) is 0 Å². The Kier molecular flexibility index (Phi) is 4.02. The minimum atomic E-state index is 0.744. The average molecular weight is 246 g/mol. The molecule has 0 amide bonds. The van der Waals surface area contributed by atoms with Crippen molar-refractivity contribution in [2.45, 2.75) is 70.3 Å². The summed E-state index contributed by atoms with van der Waals surface area (Å²) in [6, 6.07) is 0.744. The summed E-state index contributed by atoms with van der Waals surface area (Å²) < 4.78 is 2.44. The van der Waals surface area contributed by atoms with E-state index in [2.05, 4.69) is 22.1 Å². The van der Waals surface area contributed by atoms with Crippen molar-refractivity contribution in [3.05, 3.63) is 18.7 Å². The molecule has 0 radical (unpaired) electrons. The molecule has 100 valence electrons. The van der Waals surface area contributed by atoms with Gasteiger partial charge in [-0.2, -0.15) is 0 Å². The molecule has 2 fully saturated rings. The van der Waals surface area contributed by atoms with E-state index in [1.807, 2.05) is 6.20 Å². The average Bonchev–Trinajstić information content (AvgIpc) is 2.95. The van der Waals surface area contributed by atoms with Gasteiger partial charge in [-0.25, -0.2) is 4.98 Å². The van der Waals surface area contributed by atoms with Crippen LogP contribution in [0, 0.1) is 11.8 Å². The SMILES string of the molecule is c1cn(C(C2CCCCC2)C2CCCCC2)cn1. The summed E-state index contributed by atoms with van der Waals surface area (Å²) in [7, 11) is 0. The second kappa shape index (κ2) is 5.90. The monoisotopic (exact) mass is 246 g/mol. The molecule has 2 aliphatic rings. The quantitative estimate of drug-likeness (QED) is 0.763. The highest BCUT2D eigenvalue weighted by Crippen LogP contribution is 2.42. The van der Waals surface area contributed by atoms with Gasteiger partial charge < -0.3 is 4.57 Å². The lowest BCUT2D eigenvalue weighted by Crippen LogP contribution is -2.29. The maximum atomic E-state index is 4.30. The van der Waals surface area contributed by atoms with Gasteiger partial charge in [0.15, 0.2) is 0 Å². The normalized spacial score (nSPS) is 23.6. The molecule has 18 heavy (non-hydrogen) atoms. The molecule has 0 unspecified atom stereocenters. The van der Waals surface area contributed by atoms with Gasteiger partial charge in [-0.1, -0.05) is 38.5 Å². The first-order valence-corrected chi connectivity index (χ1v) is 7.92. The lowest BCUT2D eigenvalue weighted by atomic mass is 9.73. The fourth-order valence-corrected chi connectivity index (χ4v) is 4.27. The van der Waals surface area contributed by atoms with Crippen molar-refractivity contribution in [2.75, 3.05) is 0 Å². The second-order valence-electron chi connectivity index (χ2n) is 6.30. The van der Waals surface area contributed by atoms with Crippen LogP contribution in [-0.2, 0) is 0 Å². The maximum Gasteiger partial charge on any atom is 0.0948 e. The van der Waals surface area contributed by atoms with E-state index in [-0.39, 0.29) is 0 Å². The third-order valence-corrected chi connectivity index (χ3v) is 5.13. The third-order valence-electron chi connectivity index (χ3n) is 5.13. The first-order chi connectivity index (χ1) is 8.95. The van der Waals surface area contributed by atoms with E-state index in [4.69, 9.17) is 0 Å². The summed E-state index contributed by atoms with van der Waals surface area (Å²) in [4.78, 5) is 4.30. The highest BCUT2D eigenvalue weighted by molar-refractivity contribution is 4.90. The van der Waals surface area contributed by atoms with Crippen molar-refractivity contribution in [1.82, 2.24) is 9.55 Å². The number of rotatable bonds is 3. The number of imidazole rings is 1. The number of aromatic nitrogens is 2. The van der Waals surface area contributed by atoms with Crippen LogP contribution in [0.5, 0.6) is 0 Å². The molecule has 1 heterocycles. The molecule has 0 spiro atoms. The summed E-state index contributed by atoms with van der Waals surface area (Å²) >= 11 is 0. The van der Waals surface area contributed by atoms with Gasteiger partial charge in [0.2, 0.25) is 0 Å². The first-order valence-electron chi connectivity index (χ1n) is 7.92. The molecule has 0 atom stereocenters. The van der Waals surface area contributed by atoms with Crippen LogP contribution in [0.3, 0.4) is 0 Å². The van der Waals surface area contributed by atoms with Crippen molar-refractivity contribution in [1.29, 1.82) is 0 Å². The molecule has 1 aromatic heterocycles. The van der Waals surface area contributed by atoms with Gasteiger partial charge in [-0.15, -0.1) is 0 Å². The van der Waals surface area contributed by atoms with Crippen molar-refractivity contribution in [2.24, 2.45) is 11.8 Å². The molecular formula is C16H26N2. The van der Waals surface area contributed by atoms with Gasteiger partial charge in [0.1, 0.15) is 0 Å². The molecule has 0 aliphatic heterocycles. The van der Waals surface area contributed by atoms with Crippen LogP contribution in [-0.4, -0.2) is 9.55 Å². The van der Waals surface area contributed by atoms with Crippen molar-refractivity contribution < 1.29 is 0 Å². The number of nitrogens with zero attached hydrogens (tertiary/aromatic N) is 2. The third kappa shape index (κ3) is 2.62. The zero-order valence-electron chi connectivity index (χ0n) is 11.4. The Labute approximate surface area is 111 Å². The lowest BCUT2D eigenvalue weighted by Gasteiger charge is -2.38. The van der Waals surface area contributed by atoms with Crippen LogP contribution >= 0.6 is 0 Å². The summed E-state index contributed by atoms with van der Waals surface area (Å²) in [5.41, 5.74) is 0. The van der Waals surface area contributed by atoms with Gasteiger partial charge in [0, 0.05) is 18.4 Å². The number of hydrogen-bond donors (Lipinski definition) is 0. The van der Waals surface area contributed by atoms with Crippen LogP contribution in [0.25, 0.3) is 0 Å². The number of hydrogen-bond acceptors (Lipinski definition) is 1. The Balaban J connectivity index is 1.78. The minimum Gasteiger partial charge on any atom is -0.334 e. The Morgan fingerprint density at radius 3 is 1.83 bits per heavy atom. The largest absolute Gasteiger partial charge is 0.334 e. The Morgan fingerprint density at radius 1 is 0.833 bits per heavy atom. The van der Waals surface area contributed by atoms with Gasteiger partial charge in [0.05, 0.1) is 6.33 Å². The molecule has 1 aromatic rings. The Bertz CT molecular complexity index is 314. The van der Waals surface area contributed by atoms with Crippen LogP contribution < -0.4 is 0 Å². The van der Waals surface area contributed by atoms with Gasteiger partial charge in [-0.05, 0) is 37.5 Å². The van der Waals surface area contributed by atoms with Crippen LogP contribution in [0.4, 0.5) is 0 Å². The van der Waals surface area contributed by atoms with E-state index < -0.39 is 0 Å². The van der Waals surface area contributed by atoms with Crippen molar-refractivity contribution in [3.8, 4) is 0 Å². The fourth-order valence-electron chi connectivity index (χ4n) is 4.27. The zero-order valence-corrected chi connectivity index (χ0v) is 11.4. The molecule has 0 aromatic carbocycles. The lowest BCUT2D eigenvalue weighted by molar-refractivity contribution is 0.149. The van der Waals surface area contributed by atoms with Gasteiger partial charge in [-0.3, -0.25) is 0 Å². The smallest absolute Gasteiger partial charge is 0.0948 e. The molecule has 2 aliphatic carbocycles. The van der Waals surface area contributed by atoms with E-state index in [1.54, 1.807) is 0 Å². The predicted molar refractivity (Wildman–Crippen MR) is 74.4 cm³/mol. The van der Waals surface area contributed by atoms with E-state index in [1.165, 1.54) is 64.2 Å². The topological polar surface area (TPSA) is 17.8 Å². The van der Waals surface area contributed by atoms with E-state index in [0.29, 0.717) is 0 Å². The van der Waals surface area contributed by atoms with Gasteiger partial charge >= 0.3 is 0 Å². The molecule has 2 nitrogen and oxygen atoms in total. The maximum absolute atomic E-state index is 4.30. The second-order valence-corrected chi connectivity index (χ2v) is 6.30. The Hall–Kier alpha value is -0.790. The summed E-state index contributed by atoms with van der Waals surface area (Å²) in [5, 5.41) is 0. The molecule has 0 N–H and O–H groups in total. The Morgan fingerprint density at radius 2 is 1.39 bits per heavy atom.